The molecule has 0 bridgehead atoms. The van der Waals surface area contributed by atoms with E-state index in [1.54, 1.807) is 0 Å². The zero-order chi connectivity index (χ0) is 10.9. The lowest BCUT2D eigenvalue weighted by molar-refractivity contribution is -0.0688. The molecule has 0 radical (unpaired) electrons. The Bertz CT molecular complexity index is 375. The fourth-order valence-corrected chi connectivity index (χ4v) is 0.940. The predicted molar refractivity (Wildman–Crippen MR) is 46.5 cm³/mol. The van der Waals surface area contributed by atoms with Gasteiger partial charge in [0.25, 0.3) is 0 Å². The normalized spacial score (nSPS) is 11.4. The standard InChI is InChI=1S/C7H5ClF3N3/c1-3(7(9,10)11)5-4(8)6(12)14-2-13-5/h2H,1H2,(H2,12,13,14). The summed E-state index contributed by atoms with van der Waals surface area (Å²) < 4.78 is 36.6. The third kappa shape index (κ3) is 1.95. The molecule has 1 aromatic rings. The van der Waals surface area contributed by atoms with E-state index in [0.29, 0.717) is 0 Å². The van der Waals surface area contributed by atoms with Crippen LogP contribution < -0.4 is 5.73 Å². The first kappa shape index (κ1) is 10.8. The molecule has 0 unspecified atom stereocenters. The molecule has 0 spiro atoms. The second-order valence-electron chi connectivity index (χ2n) is 2.40. The van der Waals surface area contributed by atoms with Gasteiger partial charge in [0.15, 0.2) is 0 Å². The second-order valence-corrected chi connectivity index (χ2v) is 2.78. The molecule has 0 aliphatic heterocycles. The minimum atomic E-state index is -4.58. The maximum atomic E-state index is 12.2. The summed E-state index contributed by atoms with van der Waals surface area (Å²) in [6, 6.07) is 0. The van der Waals surface area contributed by atoms with E-state index in [0.717, 1.165) is 6.33 Å². The molecule has 0 saturated carbocycles. The summed E-state index contributed by atoms with van der Waals surface area (Å²) >= 11 is 5.48. The van der Waals surface area contributed by atoms with Crippen LogP contribution in [0.5, 0.6) is 0 Å². The molecule has 3 nitrogen and oxygen atoms in total. The van der Waals surface area contributed by atoms with Gasteiger partial charge in [-0.3, -0.25) is 0 Å². The molecule has 0 amide bonds. The van der Waals surface area contributed by atoms with Crippen molar-refractivity contribution >= 4 is 23.0 Å². The van der Waals surface area contributed by atoms with E-state index in [1.807, 2.05) is 0 Å². The molecule has 0 aliphatic carbocycles. The van der Waals surface area contributed by atoms with Crippen molar-refractivity contribution in [1.82, 2.24) is 9.97 Å². The average Bonchev–Trinajstić information content (AvgIpc) is 2.07. The molecule has 0 aliphatic rings. The maximum Gasteiger partial charge on any atom is 0.417 e. The van der Waals surface area contributed by atoms with E-state index in [1.165, 1.54) is 0 Å². The van der Waals surface area contributed by atoms with Crippen molar-refractivity contribution in [1.29, 1.82) is 0 Å². The minimum Gasteiger partial charge on any atom is -0.382 e. The lowest BCUT2D eigenvalue weighted by Crippen LogP contribution is -2.12. The van der Waals surface area contributed by atoms with E-state index in [2.05, 4.69) is 16.5 Å². The number of anilines is 1. The molecule has 0 fully saturated rings. The molecule has 76 valence electrons. The lowest BCUT2D eigenvalue weighted by Gasteiger charge is -2.10. The van der Waals surface area contributed by atoms with E-state index < -0.39 is 17.4 Å². The Balaban J connectivity index is 3.21. The Morgan fingerprint density at radius 1 is 1.43 bits per heavy atom. The molecular formula is C7H5ClF3N3. The maximum absolute atomic E-state index is 12.2. The van der Waals surface area contributed by atoms with Gasteiger partial charge in [-0.15, -0.1) is 0 Å². The van der Waals surface area contributed by atoms with E-state index >= 15 is 0 Å². The molecule has 7 heteroatoms. The van der Waals surface area contributed by atoms with E-state index in [-0.39, 0.29) is 10.8 Å². The number of nitrogens with two attached hydrogens (primary N) is 1. The SMILES string of the molecule is C=C(c1ncnc(N)c1Cl)C(F)(F)F. The number of aromatic nitrogens is 2. The van der Waals surface area contributed by atoms with Gasteiger partial charge >= 0.3 is 6.18 Å². The number of nitrogen functional groups attached to an aromatic ring is 1. The summed E-state index contributed by atoms with van der Waals surface area (Å²) in [7, 11) is 0. The van der Waals surface area contributed by atoms with Gasteiger partial charge in [-0.05, 0) is 0 Å². The van der Waals surface area contributed by atoms with Gasteiger partial charge in [0.1, 0.15) is 17.2 Å². The minimum absolute atomic E-state index is 0.206. The smallest absolute Gasteiger partial charge is 0.382 e. The quantitative estimate of drug-likeness (QED) is 0.795. The summed E-state index contributed by atoms with van der Waals surface area (Å²) in [6.45, 7) is 2.84. The molecule has 2 N–H and O–H groups in total. The highest BCUT2D eigenvalue weighted by Gasteiger charge is 2.35. The first-order valence-electron chi connectivity index (χ1n) is 3.36. The Kier molecular flexibility index (Phi) is 2.66. The van der Waals surface area contributed by atoms with Crippen LogP contribution in [0.1, 0.15) is 5.69 Å². The number of nitrogens with zero attached hydrogens (tertiary/aromatic N) is 2. The van der Waals surface area contributed by atoms with Crippen LogP contribution in [-0.2, 0) is 0 Å². The number of alkyl halides is 3. The first-order valence-corrected chi connectivity index (χ1v) is 3.74. The number of halogens is 4. The molecule has 1 rings (SSSR count). The van der Waals surface area contributed by atoms with Crippen molar-refractivity contribution in [2.45, 2.75) is 6.18 Å². The number of hydrogen-bond acceptors (Lipinski definition) is 3. The van der Waals surface area contributed by atoms with Crippen LogP contribution >= 0.6 is 11.6 Å². The molecule has 1 heterocycles. The fourth-order valence-electron chi connectivity index (χ4n) is 0.728. The number of hydrogen-bond donors (Lipinski definition) is 1. The van der Waals surface area contributed by atoms with Crippen LogP contribution in [-0.4, -0.2) is 16.1 Å². The van der Waals surface area contributed by atoms with Crippen LogP contribution in [0, 0.1) is 0 Å². The highest BCUT2D eigenvalue weighted by Crippen LogP contribution is 2.35. The van der Waals surface area contributed by atoms with Crippen LogP contribution in [0.25, 0.3) is 5.57 Å². The molecular weight excluding hydrogens is 219 g/mol. The highest BCUT2D eigenvalue weighted by molar-refractivity contribution is 6.34. The van der Waals surface area contributed by atoms with Crippen molar-refractivity contribution in [2.24, 2.45) is 0 Å². The highest BCUT2D eigenvalue weighted by atomic mass is 35.5. The van der Waals surface area contributed by atoms with Gasteiger partial charge in [-0.1, -0.05) is 18.2 Å². The third-order valence-electron chi connectivity index (χ3n) is 1.44. The van der Waals surface area contributed by atoms with Crippen molar-refractivity contribution < 1.29 is 13.2 Å². The van der Waals surface area contributed by atoms with Crippen molar-refractivity contribution in [3.05, 3.63) is 23.6 Å². The molecule has 0 atom stereocenters. The van der Waals surface area contributed by atoms with Gasteiger partial charge in [0, 0.05) is 0 Å². The van der Waals surface area contributed by atoms with Gasteiger partial charge in [0.2, 0.25) is 0 Å². The van der Waals surface area contributed by atoms with Gasteiger partial charge in [-0.25, -0.2) is 9.97 Å². The predicted octanol–water partition coefficient (Wildman–Crippen LogP) is 2.29. The second kappa shape index (κ2) is 3.45. The van der Waals surface area contributed by atoms with Crippen LogP contribution in [0.2, 0.25) is 5.02 Å². The van der Waals surface area contributed by atoms with E-state index in [9.17, 15) is 13.2 Å². The van der Waals surface area contributed by atoms with Crippen LogP contribution in [0.15, 0.2) is 12.9 Å². The Hall–Kier alpha value is -1.30. The summed E-state index contributed by atoms with van der Waals surface area (Å²) in [5, 5.41) is -0.338. The lowest BCUT2D eigenvalue weighted by atomic mass is 10.2. The zero-order valence-corrected chi connectivity index (χ0v) is 7.52. The molecule has 0 saturated heterocycles. The Morgan fingerprint density at radius 2 is 2.00 bits per heavy atom. The molecule has 1 aromatic heterocycles. The topological polar surface area (TPSA) is 51.8 Å². The van der Waals surface area contributed by atoms with Crippen molar-refractivity contribution in [3.8, 4) is 0 Å². The monoisotopic (exact) mass is 223 g/mol. The Morgan fingerprint density at radius 3 is 2.50 bits per heavy atom. The van der Waals surface area contributed by atoms with Crippen LogP contribution in [0.3, 0.4) is 0 Å². The first-order chi connectivity index (χ1) is 6.34. The average molecular weight is 224 g/mol. The van der Waals surface area contributed by atoms with Crippen molar-refractivity contribution in [3.63, 3.8) is 0 Å². The Labute approximate surface area is 82.4 Å². The van der Waals surface area contributed by atoms with Crippen molar-refractivity contribution in [2.75, 3.05) is 5.73 Å². The number of allylic oxidation sites excluding steroid dienone is 1. The summed E-state index contributed by atoms with van der Waals surface area (Å²) in [5.41, 5.74) is 3.57. The van der Waals surface area contributed by atoms with Gasteiger partial charge in [0.05, 0.1) is 11.3 Å². The van der Waals surface area contributed by atoms with Gasteiger partial charge < -0.3 is 5.73 Å². The zero-order valence-electron chi connectivity index (χ0n) is 6.77. The third-order valence-corrected chi connectivity index (χ3v) is 1.82. The van der Waals surface area contributed by atoms with E-state index in [4.69, 9.17) is 17.3 Å². The molecule has 14 heavy (non-hydrogen) atoms. The van der Waals surface area contributed by atoms with Gasteiger partial charge in [-0.2, -0.15) is 13.2 Å². The summed E-state index contributed by atoms with van der Waals surface area (Å²) in [5.74, 6) is -0.206. The molecule has 0 aromatic carbocycles. The summed E-state index contributed by atoms with van der Waals surface area (Å²) in [6.07, 6.45) is -3.68. The number of rotatable bonds is 1. The summed E-state index contributed by atoms with van der Waals surface area (Å²) in [4.78, 5) is 6.79. The van der Waals surface area contributed by atoms with Crippen LogP contribution in [0.4, 0.5) is 19.0 Å². The largest absolute Gasteiger partial charge is 0.417 e. The fraction of sp³-hybridized carbons (Fsp3) is 0.143.